The van der Waals surface area contributed by atoms with Crippen LogP contribution in [0.25, 0.3) is 0 Å². The Bertz CT molecular complexity index is 1370. The molecule has 4 heteroatoms. The van der Waals surface area contributed by atoms with Crippen molar-refractivity contribution in [2.24, 2.45) is 11.8 Å². The second kappa shape index (κ2) is 15.1. The summed E-state index contributed by atoms with van der Waals surface area (Å²) in [5, 5.41) is 0. The van der Waals surface area contributed by atoms with Crippen LogP contribution in [0.3, 0.4) is 0 Å². The van der Waals surface area contributed by atoms with E-state index in [0.717, 1.165) is 51.9 Å². The van der Waals surface area contributed by atoms with Crippen LogP contribution in [0.4, 0.5) is 0 Å². The smallest absolute Gasteiger partial charge is 0.176 e. The Morgan fingerprint density at radius 3 is 1.70 bits per heavy atom. The summed E-state index contributed by atoms with van der Waals surface area (Å²) in [6, 6.07) is 39.9. The highest BCUT2D eigenvalue weighted by atomic mass is 16.8. The molecule has 1 spiro atoms. The first kappa shape index (κ1) is 32.7. The number of ether oxygens (including phenoxy) is 2. The zero-order valence-corrected chi connectivity index (χ0v) is 28.3. The molecule has 2 aliphatic rings. The predicted octanol–water partition coefficient (Wildman–Crippen LogP) is 6.67. The second-order valence-corrected chi connectivity index (χ2v) is 14.2. The lowest BCUT2D eigenvalue weighted by molar-refractivity contribution is -0.897. The molecule has 1 saturated carbocycles. The van der Waals surface area contributed by atoms with Crippen LogP contribution in [0, 0.1) is 25.7 Å². The summed E-state index contributed by atoms with van der Waals surface area (Å²) in [6.45, 7) is 7.93. The highest BCUT2D eigenvalue weighted by Crippen LogP contribution is 2.50. The zero-order valence-electron chi connectivity index (χ0n) is 28.3. The number of aryl methyl sites for hydroxylation is 2. The summed E-state index contributed by atoms with van der Waals surface area (Å²) < 4.78 is 15.0. The van der Waals surface area contributed by atoms with Gasteiger partial charge in [-0.05, 0) is 50.7 Å². The van der Waals surface area contributed by atoms with Crippen LogP contribution in [0.5, 0.6) is 0 Å². The first-order valence-electron chi connectivity index (χ1n) is 17.4. The maximum Gasteiger partial charge on any atom is 0.176 e. The number of nitrogens with zero attached hydrogens (tertiary/aromatic N) is 1. The predicted molar refractivity (Wildman–Crippen MR) is 188 cm³/mol. The van der Waals surface area contributed by atoms with Gasteiger partial charge in [-0.25, -0.2) is 0 Å². The fourth-order valence-corrected chi connectivity index (χ4v) is 7.84. The third-order valence-corrected chi connectivity index (χ3v) is 10.2. The van der Waals surface area contributed by atoms with E-state index < -0.39 is 5.79 Å². The third kappa shape index (κ3) is 8.16. The molecule has 1 aliphatic heterocycles. The van der Waals surface area contributed by atoms with E-state index in [9.17, 15) is 0 Å². The van der Waals surface area contributed by atoms with Gasteiger partial charge in [0.1, 0.15) is 38.9 Å². The molecule has 1 heterocycles. The summed E-state index contributed by atoms with van der Waals surface area (Å²) in [4.78, 5) is 3.89. The van der Waals surface area contributed by atoms with Crippen LogP contribution in [0.2, 0.25) is 0 Å². The average molecular weight is 618 g/mol. The molecule has 5 atom stereocenters. The number of nitrogens with one attached hydrogen (secondary N) is 1. The number of quaternary nitrogens is 1. The van der Waals surface area contributed by atoms with E-state index in [0.29, 0.717) is 11.8 Å². The van der Waals surface area contributed by atoms with Crippen LogP contribution in [0.1, 0.15) is 52.6 Å². The Morgan fingerprint density at radius 1 is 0.652 bits per heavy atom. The number of rotatable bonds is 12. The fraction of sp³-hybridized carbons (Fsp3) is 0.429. The van der Waals surface area contributed by atoms with Gasteiger partial charge in [0.2, 0.25) is 0 Å². The second-order valence-electron chi connectivity index (χ2n) is 14.2. The van der Waals surface area contributed by atoms with Gasteiger partial charge in [-0.15, -0.1) is 0 Å². The highest BCUT2D eigenvalue weighted by molar-refractivity contribution is 5.23. The normalized spacial score (nSPS) is 25.2. The Morgan fingerprint density at radius 2 is 1.15 bits per heavy atom. The van der Waals surface area contributed by atoms with E-state index in [2.05, 4.69) is 142 Å². The first-order valence-corrected chi connectivity index (χ1v) is 17.4. The summed E-state index contributed by atoms with van der Waals surface area (Å²) in [7, 11) is 4.54. The van der Waals surface area contributed by atoms with Crippen LogP contribution >= 0.6 is 0 Å². The Hall–Kier alpha value is -3.28. The number of benzene rings is 4. The fourth-order valence-electron chi connectivity index (χ4n) is 7.84. The van der Waals surface area contributed by atoms with Gasteiger partial charge in [-0.1, -0.05) is 127 Å². The number of likely N-dealkylation sites (N-methyl/N-ethyl adjacent to an activating group) is 2. The first-order chi connectivity index (χ1) is 22.4. The molecule has 1 radical (unpaired) electrons. The van der Waals surface area contributed by atoms with Crippen LogP contribution in [-0.2, 0) is 35.4 Å². The van der Waals surface area contributed by atoms with Crippen molar-refractivity contribution in [1.82, 2.24) is 4.90 Å². The van der Waals surface area contributed by atoms with Gasteiger partial charge < -0.3 is 14.4 Å². The van der Waals surface area contributed by atoms with E-state index in [1.807, 2.05) is 0 Å². The van der Waals surface area contributed by atoms with Crippen molar-refractivity contribution in [1.29, 1.82) is 0 Å². The van der Waals surface area contributed by atoms with Crippen molar-refractivity contribution in [2.75, 3.05) is 27.2 Å². The Kier molecular flexibility index (Phi) is 10.7. The van der Waals surface area contributed by atoms with Gasteiger partial charge in [-0.2, -0.15) is 4.90 Å². The molecule has 1 N–H and O–H groups in total. The van der Waals surface area contributed by atoms with Crippen molar-refractivity contribution >= 4 is 0 Å². The summed E-state index contributed by atoms with van der Waals surface area (Å²) in [5.41, 5.74) is 8.05. The summed E-state index contributed by atoms with van der Waals surface area (Å²) in [6.07, 6.45) is 5.45. The van der Waals surface area contributed by atoms with E-state index in [-0.39, 0.29) is 12.2 Å². The molecule has 0 aromatic heterocycles. The largest absolute Gasteiger partial charge is 0.337 e. The quantitative estimate of drug-likeness (QED) is 0.180. The SMILES string of the molecule is Cc1ccc(C[N+](C)C[C@H]2OC3(O[C@@H]2C[NH+](C)Cc2ccc(C)cc2)C(Cc2ccccc2)CCCC3Cc2ccccc2)cc1. The molecular formula is C42H53N2O2+2. The molecule has 4 nitrogen and oxygen atoms in total. The van der Waals surface area contributed by atoms with Crippen LogP contribution in [-0.4, -0.2) is 45.2 Å². The van der Waals surface area contributed by atoms with Crippen LogP contribution in [0.15, 0.2) is 109 Å². The highest BCUT2D eigenvalue weighted by Gasteiger charge is 2.59. The van der Waals surface area contributed by atoms with Crippen molar-refractivity contribution in [3.05, 3.63) is 143 Å². The molecule has 1 aliphatic carbocycles. The molecule has 2 fully saturated rings. The number of hydrogen-bond donors (Lipinski definition) is 1. The molecule has 1 saturated heterocycles. The maximum absolute atomic E-state index is 7.50. The Balaban J connectivity index is 1.29. The zero-order chi connectivity index (χ0) is 31.9. The summed E-state index contributed by atoms with van der Waals surface area (Å²) >= 11 is 0. The standard InChI is InChI=1S/C42H52N2O2/c1-32-18-22-36(23-19-32)28-43(3)30-40-41(31-44(4)29-37-24-20-33(2)21-25-37)46-42(45-40)38(26-34-12-7-5-8-13-34)16-11-17-39(42)27-35-14-9-6-10-15-35/h5-10,12-15,18-25,38-41H,11,16-17,26-31H2,1-4H3/q+1/p+1/t38?,39?,40-,41-/m1/s1. The maximum atomic E-state index is 7.50. The van der Waals surface area contributed by atoms with Crippen molar-refractivity contribution < 1.29 is 14.4 Å². The minimum Gasteiger partial charge on any atom is -0.337 e. The van der Waals surface area contributed by atoms with E-state index >= 15 is 0 Å². The van der Waals surface area contributed by atoms with E-state index in [1.165, 1.54) is 44.7 Å². The molecule has 6 rings (SSSR count). The lowest BCUT2D eigenvalue weighted by Crippen LogP contribution is -3.09. The lowest BCUT2D eigenvalue weighted by Gasteiger charge is -2.46. The molecule has 4 aromatic rings. The van der Waals surface area contributed by atoms with Crippen molar-refractivity contribution in [3.63, 3.8) is 0 Å². The minimum atomic E-state index is -0.603. The molecule has 0 bridgehead atoms. The van der Waals surface area contributed by atoms with Gasteiger partial charge in [-0.3, -0.25) is 0 Å². The summed E-state index contributed by atoms with van der Waals surface area (Å²) in [5.74, 6) is 0.0167. The van der Waals surface area contributed by atoms with Gasteiger partial charge in [0.05, 0.1) is 7.05 Å². The Labute approximate surface area is 277 Å². The van der Waals surface area contributed by atoms with Gasteiger partial charge >= 0.3 is 0 Å². The minimum absolute atomic E-state index is 0.00179. The van der Waals surface area contributed by atoms with E-state index in [1.54, 1.807) is 0 Å². The average Bonchev–Trinajstić information content (AvgIpc) is 3.40. The third-order valence-electron chi connectivity index (χ3n) is 10.2. The van der Waals surface area contributed by atoms with Gasteiger partial charge in [0, 0.05) is 23.0 Å². The molecule has 0 amide bonds. The molecule has 241 valence electrons. The molecular weight excluding hydrogens is 564 g/mol. The monoisotopic (exact) mass is 617 g/mol. The van der Waals surface area contributed by atoms with Gasteiger partial charge in [0.25, 0.3) is 0 Å². The number of hydrogen-bond acceptors (Lipinski definition) is 3. The molecule has 46 heavy (non-hydrogen) atoms. The van der Waals surface area contributed by atoms with Crippen molar-refractivity contribution in [2.45, 2.75) is 77.0 Å². The lowest BCUT2D eigenvalue weighted by atomic mass is 9.71. The van der Waals surface area contributed by atoms with E-state index in [4.69, 9.17) is 9.47 Å². The van der Waals surface area contributed by atoms with Crippen molar-refractivity contribution in [3.8, 4) is 0 Å². The molecule has 4 aromatic carbocycles. The molecule has 3 unspecified atom stereocenters. The topological polar surface area (TPSA) is 28.8 Å². The van der Waals surface area contributed by atoms with Gasteiger partial charge in [0.15, 0.2) is 12.3 Å². The van der Waals surface area contributed by atoms with Crippen LogP contribution < -0.4 is 9.80 Å².